The van der Waals surface area contributed by atoms with Crippen molar-refractivity contribution < 1.29 is 9.72 Å². The van der Waals surface area contributed by atoms with E-state index in [4.69, 9.17) is 0 Å². The maximum atomic E-state index is 12.5. The molecule has 0 fully saturated rings. The highest BCUT2D eigenvalue weighted by atomic mass is 16.6. The van der Waals surface area contributed by atoms with Gasteiger partial charge in [-0.1, -0.05) is 35.4 Å². The second-order valence-electron chi connectivity index (χ2n) is 5.42. The highest BCUT2D eigenvalue weighted by Crippen LogP contribution is 2.20. The summed E-state index contributed by atoms with van der Waals surface area (Å²) >= 11 is 0. The van der Waals surface area contributed by atoms with Gasteiger partial charge in [-0.05, 0) is 26.0 Å². The molecular formula is C17H18N2O3. The number of benzene rings is 2. The molecule has 0 aliphatic rings. The largest absolute Gasteiger partial charge is 0.337 e. The number of hydrogen-bond donors (Lipinski definition) is 0. The van der Waals surface area contributed by atoms with E-state index in [1.807, 2.05) is 32.0 Å². The number of nitrogens with zero attached hydrogens (tertiary/aromatic N) is 2. The van der Waals surface area contributed by atoms with Gasteiger partial charge in [0.05, 0.1) is 11.5 Å². The van der Waals surface area contributed by atoms with E-state index in [0.29, 0.717) is 11.1 Å². The van der Waals surface area contributed by atoms with Crippen LogP contribution in [-0.4, -0.2) is 22.8 Å². The van der Waals surface area contributed by atoms with Gasteiger partial charge in [-0.25, -0.2) is 0 Å². The number of rotatable bonds is 4. The second-order valence-corrected chi connectivity index (χ2v) is 5.42. The molecule has 22 heavy (non-hydrogen) atoms. The summed E-state index contributed by atoms with van der Waals surface area (Å²) in [5.74, 6) is -0.148. The van der Waals surface area contributed by atoms with E-state index in [-0.39, 0.29) is 18.1 Å². The van der Waals surface area contributed by atoms with Crippen LogP contribution in [0, 0.1) is 24.0 Å². The van der Waals surface area contributed by atoms with Gasteiger partial charge >= 0.3 is 0 Å². The number of amides is 1. The van der Waals surface area contributed by atoms with E-state index in [9.17, 15) is 14.9 Å². The Hall–Kier alpha value is -2.69. The molecule has 0 saturated heterocycles. The van der Waals surface area contributed by atoms with Crippen LogP contribution in [0.15, 0.2) is 42.5 Å². The predicted octanol–water partition coefficient (Wildman–Crippen LogP) is 3.48. The molecule has 0 radical (unpaired) electrons. The van der Waals surface area contributed by atoms with Gasteiger partial charge in [-0.3, -0.25) is 14.9 Å². The van der Waals surface area contributed by atoms with E-state index in [0.717, 1.165) is 11.1 Å². The van der Waals surface area contributed by atoms with Crippen LogP contribution in [-0.2, 0) is 6.54 Å². The smallest absolute Gasteiger partial charge is 0.274 e. The molecule has 2 aromatic rings. The third-order valence-corrected chi connectivity index (χ3v) is 3.41. The van der Waals surface area contributed by atoms with E-state index in [1.165, 1.54) is 11.0 Å². The minimum atomic E-state index is -0.426. The summed E-state index contributed by atoms with van der Waals surface area (Å²) < 4.78 is 0. The average molecular weight is 298 g/mol. The van der Waals surface area contributed by atoms with Gasteiger partial charge < -0.3 is 4.90 Å². The first-order valence-electron chi connectivity index (χ1n) is 6.94. The maximum absolute atomic E-state index is 12.5. The topological polar surface area (TPSA) is 63.5 Å². The monoisotopic (exact) mass is 298 g/mol. The molecule has 0 bridgehead atoms. The van der Waals surface area contributed by atoms with E-state index in [1.54, 1.807) is 25.2 Å². The molecule has 5 heteroatoms. The highest BCUT2D eigenvalue weighted by molar-refractivity contribution is 5.94. The Balaban J connectivity index is 2.24. The van der Waals surface area contributed by atoms with Gasteiger partial charge in [-0.2, -0.15) is 0 Å². The number of nitro groups is 1. The fourth-order valence-corrected chi connectivity index (χ4v) is 2.47. The lowest BCUT2D eigenvalue weighted by molar-refractivity contribution is -0.385. The Bertz CT molecular complexity index is 705. The molecule has 2 aromatic carbocycles. The number of aryl methyl sites for hydroxylation is 2. The first-order chi connectivity index (χ1) is 10.4. The molecule has 0 aromatic heterocycles. The lowest BCUT2D eigenvalue weighted by atomic mass is 10.1. The Morgan fingerprint density at radius 3 is 2.32 bits per heavy atom. The molecule has 0 spiro atoms. The maximum Gasteiger partial charge on any atom is 0.274 e. The lowest BCUT2D eigenvalue weighted by Crippen LogP contribution is -2.26. The molecule has 0 heterocycles. The fraction of sp³-hybridized carbons (Fsp3) is 0.235. The summed E-state index contributed by atoms with van der Waals surface area (Å²) in [7, 11) is 1.65. The van der Waals surface area contributed by atoms with Gasteiger partial charge in [0, 0.05) is 24.2 Å². The number of carbonyl (C=O) groups excluding carboxylic acids is 1. The van der Waals surface area contributed by atoms with Gasteiger partial charge in [0.15, 0.2) is 0 Å². The van der Waals surface area contributed by atoms with Crippen LogP contribution in [0.5, 0.6) is 0 Å². The lowest BCUT2D eigenvalue weighted by Gasteiger charge is -2.18. The zero-order valence-electron chi connectivity index (χ0n) is 12.9. The minimum Gasteiger partial charge on any atom is -0.337 e. The molecule has 0 saturated carbocycles. The van der Waals surface area contributed by atoms with Crippen molar-refractivity contribution in [1.29, 1.82) is 0 Å². The first-order valence-corrected chi connectivity index (χ1v) is 6.94. The Kier molecular flexibility index (Phi) is 4.56. The van der Waals surface area contributed by atoms with E-state index in [2.05, 4.69) is 0 Å². The number of carbonyl (C=O) groups is 1. The Labute approximate surface area is 129 Å². The van der Waals surface area contributed by atoms with Crippen molar-refractivity contribution in [2.24, 2.45) is 0 Å². The minimum absolute atomic E-state index is 0.0302. The summed E-state index contributed by atoms with van der Waals surface area (Å²) in [6, 6.07) is 12.1. The van der Waals surface area contributed by atoms with Crippen molar-refractivity contribution in [2.75, 3.05) is 7.05 Å². The van der Waals surface area contributed by atoms with Crippen LogP contribution in [0.3, 0.4) is 0 Å². The zero-order valence-corrected chi connectivity index (χ0v) is 12.9. The summed E-state index contributed by atoms with van der Waals surface area (Å²) in [5.41, 5.74) is 3.18. The second kappa shape index (κ2) is 6.39. The highest BCUT2D eigenvalue weighted by Gasteiger charge is 2.18. The van der Waals surface area contributed by atoms with E-state index < -0.39 is 4.92 Å². The first kappa shape index (κ1) is 15.7. The predicted molar refractivity (Wildman–Crippen MR) is 84.8 cm³/mol. The summed E-state index contributed by atoms with van der Waals surface area (Å²) in [6.45, 7) is 4.07. The van der Waals surface area contributed by atoms with Crippen molar-refractivity contribution in [3.8, 4) is 0 Å². The van der Waals surface area contributed by atoms with Crippen LogP contribution >= 0.6 is 0 Å². The molecule has 2 rings (SSSR count). The summed E-state index contributed by atoms with van der Waals surface area (Å²) in [5, 5.41) is 11.0. The van der Waals surface area contributed by atoms with Crippen molar-refractivity contribution in [3.05, 3.63) is 74.8 Å². The van der Waals surface area contributed by atoms with Gasteiger partial charge in [0.25, 0.3) is 11.6 Å². The zero-order chi connectivity index (χ0) is 16.3. The Morgan fingerprint density at radius 2 is 1.73 bits per heavy atom. The summed E-state index contributed by atoms with van der Waals surface area (Å²) in [4.78, 5) is 24.6. The third-order valence-electron chi connectivity index (χ3n) is 3.41. The number of nitro benzene ring substituents is 1. The molecular weight excluding hydrogens is 280 g/mol. The quantitative estimate of drug-likeness (QED) is 0.641. The molecule has 114 valence electrons. The number of hydrogen-bond acceptors (Lipinski definition) is 3. The van der Waals surface area contributed by atoms with Crippen molar-refractivity contribution in [1.82, 2.24) is 4.90 Å². The van der Waals surface area contributed by atoms with Crippen LogP contribution in [0.1, 0.15) is 27.0 Å². The van der Waals surface area contributed by atoms with Gasteiger partial charge in [0.1, 0.15) is 0 Å². The Morgan fingerprint density at radius 1 is 1.14 bits per heavy atom. The number of para-hydroxylation sites is 1. The average Bonchev–Trinajstić information content (AvgIpc) is 2.45. The standard InChI is InChI=1S/C17H18N2O3/c1-12-8-13(2)10-15(9-12)17(20)18(3)11-14-6-4-5-7-16(14)19(21)22/h4-10H,11H2,1-3H3. The summed E-state index contributed by atoms with van der Waals surface area (Å²) in [6.07, 6.45) is 0. The molecule has 5 nitrogen and oxygen atoms in total. The van der Waals surface area contributed by atoms with Crippen LogP contribution in [0.25, 0.3) is 0 Å². The molecule has 0 aliphatic heterocycles. The third kappa shape index (κ3) is 3.49. The molecule has 0 aliphatic carbocycles. The van der Waals surface area contributed by atoms with Crippen LogP contribution in [0.2, 0.25) is 0 Å². The van der Waals surface area contributed by atoms with Gasteiger partial charge in [-0.15, -0.1) is 0 Å². The van der Waals surface area contributed by atoms with Crippen LogP contribution in [0.4, 0.5) is 5.69 Å². The normalized spacial score (nSPS) is 10.3. The van der Waals surface area contributed by atoms with Gasteiger partial charge in [0.2, 0.25) is 0 Å². The molecule has 1 amide bonds. The molecule has 0 N–H and O–H groups in total. The molecule has 0 atom stereocenters. The van der Waals surface area contributed by atoms with Crippen LogP contribution < -0.4 is 0 Å². The van der Waals surface area contributed by atoms with Crippen molar-refractivity contribution in [2.45, 2.75) is 20.4 Å². The fourth-order valence-electron chi connectivity index (χ4n) is 2.47. The SMILES string of the molecule is Cc1cc(C)cc(C(=O)N(C)Cc2ccccc2[N+](=O)[O-])c1. The van der Waals surface area contributed by atoms with Crippen molar-refractivity contribution in [3.63, 3.8) is 0 Å². The van der Waals surface area contributed by atoms with Crippen molar-refractivity contribution >= 4 is 11.6 Å². The molecule has 0 unspecified atom stereocenters. The van der Waals surface area contributed by atoms with E-state index >= 15 is 0 Å².